The lowest BCUT2D eigenvalue weighted by Crippen LogP contribution is -2.06. The Balaban J connectivity index is 1.99. The van der Waals surface area contributed by atoms with E-state index in [1.54, 1.807) is 0 Å². The lowest BCUT2D eigenvalue weighted by molar-refractivity contribution is 0.334. The number of rotatable bonds is 4. The fraction of sp³-hybridized carbons (Fsp3) is 0.0714. The maximum absolute atomic E-state index is 15.4. The summed E-state index contributed by atoms with van der Waals surface area (Å²) < 4.78 is 123. The first-order valence-electron chi connectivity index (χ1n) is 10.8. The molecule has 0 aliphatic carbocycles. The summed E-state index contributed by atoms with van der Waals surface area (Å²) in [5, 5.41) is -1.13. The van der Waals surface area contributed by atoms with Crippen LogP contribution in [-0.4, -0.2) is 7.11 Å². The fourth-order valence-electron chi connectivity index (χ4n) is 4.63. The van der Waals surface area contributed by atoms with E-state index < -0.39 is 74.2 Å². The Morgan fingerprint density at radius 2 is 1.19 bits per heavy atom. The van der Waals surface area contributed by atoms with E-state index in [2.05, 4.69) is 4.74 Å². The standard InChI is InChI=1S/C28H14F8O/c1-37-28-26(35)24(33)23(25(34)27(28)36)21-15-5-3-2-4-14(15)16(10-12-6-7-13(29)11-19(12)32)20-17(30)8-9-18(31)22(20)21/h2-9,11H,10H2,1H3. The van der Waals surface area contributed by atoms with Gasteiger partial charge in [0.2, 0.25) is 11.6 Å². The molecule has 0 bridgehead atoms. The van der Waals surface area contributed by atoms with Crippen LogP contribution in [0, 0.1) is 46.5 Å². The smallest absolute Gasteiger partial charge is 0.204 e. The molecule has 0 N–H and O–H groups in total. The van der Waals surface area contributed by atoms with E-state index in [9.17, 15) is 17.6 Å². The quantitative estimate of drug-likeness (QED) is 0.132. The van der Waals surface area contributed by atoms with Crippen molar-refractivity contribution in [3.63, 3.8) is 0 Å². The van der Waals surface area contributed by atoms with Crippen molar-refractivity contribution in [2.24, 2.45) is 0 Å². The fourth-order valence-corrected chi connectivity index (χ4v) is 4.63. The first-order chi connectivity index (χ1) is 17.6. The third-order valence-corrected chi connectivity index (χ3v) is 6.24. The van der Waals surface area contributed by atoms with Gasteiger partial charge in [0, 0.05) is 28.8 Å². The molecule has 9 heteroatoms. The van der Waals surface area contributed by atoms with Gasteiger partial charge in [-0.1, -0.05) is 30.3 Å². The SMILES string of the molecule is COc1c(F)c(F)c(-c2c3ccccc3c(Cc3ccc(F)cc3F)c3c(F)ccc(F)c23)c(F)c1F. The first-order valence-corrected chi connectivity index (χ1v) is 10.8. The van der Waals surface area contributed by atoms with Crippen LogP contribution in [0.5, 0.6) is 5.75 Å². The molecule has 0 spiro atoms. The summed E-state index contributed by atoms with van der Waals surface area (Å²) in [5.41, 5.74) is -1.95. The van der Waals surface area contributed by atoms with Gasteiger partial charge < -0.3 is 4.74 Å². The number of methoxy groups -OCH3 is 1. The van der Waals surface area contributed by atoms with E-state index in [0.29, 0.717) is 12.1 Å². The van der Waals surface area contributed by atoms with Gasteiger partial charge in [-0.05, 0) is 40.1 Å². The predicted molar refractivity (Wildman–Crippen MR) is 122 cm³/mol. The average molecular weight is 518 g/mol. The van der Waals surface area contributed by atoms with Crippen molar-refractivity contribution in [3.8, 4) is 16.9 Å². The largest absolute Gasteiger partial charge is 0.491 e. The van der Waals surface area contributed by atoms with Crippen molar-refractivity contribution in [3.05, 3.63) is 112 Å². The van der Waals surface area contributed by atoms with Crippen molar-refractivity contribution in [1.29, 1.82) is 0 Å². The van der Waals surface area contributed by atoms with E-state index >= 15 is 17.6 Å². The number of halogens is 8. The van der Waals surface area contributed by atoms with E-state index in [1.807, 2.05) is 0 Å². The van der Waals surface area contributed by atoms with Crippen LogP contribution in [0.25, 0.3) is 32.7 Å². The summed E-state index contributed by atoms with van der Waals surface area (Å²) in [6, 6.07) is 9.82. The van der Waals surface area contributed by atoms with Crippen LogP contribution in [0.3, 0.4) is 0 Å². The van der Waals surface area contributed by atoms with Crippen molar-refractivity contribution in [2.45, 2.75) is 6.42 Å². The molecule has 0 amide bonds. The Morgan fingerprint density at radius 3 is 1.78 bits per heavy atom. The molecule has 0 heterocycles. The number of hydrogen-bond donors (Lipinski definition) is 0. The van der Waals surface area contributed by atoms with Gasteiger partial charge in [-0.3, -0.25) is 0 Å². The zero-order valence-electron chi connectivity index (χ0n) is 18.8. The van der Waals surface area contributed by atoms with Crippen LogP contribution < -0.4 is 4.74 Å². The van der Waals surface area contributed by atoms with Gasteiger partial charge in [-0.25, -0.2) is 26.3 Å². The molecule has 0 unspecified atom stereocenters. The summed E-state index contributed by atoms with van der Waals surface area (Å²) >= 11 is 0. The molecule has 0 saturated carbocycles. The van der Waals surface area contributed by atoms with Gasteiger partial charge in [0.05, 0.1) is 12.7 Å². The number of hydrogen-bond acceptors (Lipinski definition) is 1. The highest BCUT2D eigenvalue weighted by Crippen LogP contribution is 2.46. The number of benzene rings is 5. The van der Waals surface area contributed by atoms with Crippen LogP contribution in [0.2, 0.25) is 0 Å². The van der Waals surface area contributed by atoms with E-state index in [1.165, 1.54) is 24.3 Å². The molecule has 0 atom stereocenters. The third-order valence-electron chi connectivity index (χ3n) is 6.24. The zero-order chi connectivity index (χ0) is 26.6. The van der Waals surface area contributed by atoms with Gasteiger partial charge in [-0.15, -0.1) is 0 Å². The van der Waals surface area contributed by atoms with Crippen LogP contribution in [0.15, 0.2) is 54.6 Å². The minimum absolute atomic E-state index is 0.0205. The molecule has 1 nitrogen and oxygen atoms in total. The molecule has 37 heavy (non-hydrogen) atoms. The van der Waals surface area contributed by atoms with E-state index in [0.717, 1.165) is 25.3 Å². The molecule has 0 radical (unpaired) electrons. The number of fused-ring (bicyclic) bond motifs is 2. The molecule has 5 rings (SSSR count). The van der Waals surface area contributed by atoms with Crippen LogP contribution in [-0.2, 0) is 6.42 Å². The Hall–Kier alpha value is -4.14. The highest BCUT2D eigenvalue weighted by Gasteiger charge is 2.31. The lowest BCUT2D eigenvalue weighted by Gasteiger charge is -2.20. The second kappa shape index (κ2) is 9.06. The zero-order valence-corrected chi connectivity index (χ0v) is 18.8. The average Bonchev–Trinajstić information content (AvgIpc) is 2.88. The molecule has 5 aromatic carbocycles. The minimum atomic E-state index is -1.87. The molecule has 0 saturated heterocycles. The molecule has 0 aromatic heterocycles. The monoisotopic (exact) mass is 518 g/mol. The molecule has 188 valence electrons. The summed E-state index contributed by atoms with van der Waals surface area (Å²) in [4.78, 5) is 0. The third kappa shape index (κ3) is 3.77. The van der Waals surface area contributed by atoms with Gasteiger partial charge in [0.1, 0.15) is 23.3 Å². The highest BCUT2D eigenvalue weighted by molar-refractivity contribution is 6.15. The maximum atomic E-state index is 15.4. The predicted octanol–water partition coefficient (Wildman–Crippen LogP) is 8.37. The molecular weight excluding hydrogens is 504 g/mol. The first kappa shape index (κ1) is 24.5. The van der Waals surface area contributed by atoms with Crippen LogP contribution in [0.1, 0.15) is 11.1 Å². The Kier molecular flexibility index (Phi) is 6.01. The van der Waals surface area contributed by atoms with Crippen molar-refractivity contribution in [1.82, 2.24) is 0 Å². The maximum Gasteiger partial charge on any atom is 0.204 e. The highest BCUT2D eigenvalue weighted by atomic mass is 19.2. The lowest BCUT2D eigenvalue weighted by atomic mass is 9.85. The van der Waals surface area contributed by atoms with Crippen molar-refractivity contribution >= 4 is 21.5 Å². The number of ether oxygens (including phenoxy) is 1. The van der Waals surface area contributed by atoms with Crippen LogP contribution >= 0.6 is 0 Å². The summed E-state index contributed by atoms with van der Waals surface area (Å²) in [6.07, 6.45) is -0.361. The van der Waals surface area contributed by atoms with E-state index in [-0.39, 0.29) is 28.3 Å². The van der Waals surface area contributed by atoms with Gasteiger partial charge in [-0.2, -0.15) is 8.78 Å². The van der Waals surface area contributed by atoms with Gasteiger partial charge in [0.25, 0.3) is 0 Å². The van der Waals surface area contributed by atoms with Crippen molar-refractivity contribution in [2.75, 3.05) is 7.11 Å². The Bertz CT molecular complexity index is 1700. The Labute approximate surface area is 204 Å². The van der Waals surface area contributed by atoms with Crippen molar-refractivity contribution < 1.29 is 39.9 Å². The summed E-state index contributed by atoms with van der Waals surface area (Å²) in [5.74, 6) is -12.8. The molecule has 0 aliphatic rings. The summed E-state index contributed by atoms with van der Waals surface area (Å²) in [7, 11) is 0.809. The normalized spacial score (nSPS) is 11.5. The van der Waals surface area contributed by atoms with E-state index in [4.69, 9.17) is 0 Å². The molecule has 5 aromatic rings. The van der Waals surface area contributed by atoms with Crippen LogP contribution in [0.4, 0.5) is 35.1 Å². The minimum Gasteiger partial charge on any atom is -0.491 e. The topological polar surface area (TPSA) is 9.23 Å². The van der Waals surface area contributed by atoms with Gasteiger partial charge >= 0.3 is 0 Å². The van der Waals surface area contributed by atoms with Gasteiger partial charge in [0.15, 0.2) is 17.4 Å². The summed E-state index contributed by atoms with van der Waals surface area (Å²) in [6.45, 7) is 0. The molecular formula is C28H14F8O. The Morgan fingerprint density at radius 1 is 0.595 bits per heavy atom. The molecule has 0 fully saturated rings. The second-order valence-electron chi connectivity index (χ2n) is 8.26. The molecule has 0 aliphatic heterocycles. The second-order valence-corrected chi connectivity index (χ2v) is 8.26.